The van der Waals surface area contributed by atoms with Gasteiger partial charge in [-0.1, -0.05) is 18.7 Å². The second-order valence-electron chi connectivity index (χ2n) is 5.51. The molecule has 21 heavy (non-hydrogen) atoms. The van der Waals surface area contributed by atoms with Gasteiger partial charge in [0.05, 0.1) is 12.0 Å². The van der Waals surface area contributed by atoms with Crippen LogP contribution in [0.4, 0.5) is 0 Å². The van der Waals surface area contributed by atoms with Crippen molar-refractivity contribution in [2.75, 3.05) is 26.2 Å². The highest BCUT2D eigenvalue weighted by atomic mass is 15.3. The number of rotatable bonds is 5. The molecule has 1 fully saturated rings. The number of allylic oxidation sites excluding steroid dienone is 4. The zero-order valence-corrected chi connectivity index (χ0v) is 13.4. The largest absolute Gasteiger partial charge is 0.369 e. The third kappa shape index (κ3) is 3.85. The van der Waals surface area contributed by atoms with Crippen LogP contribution in [0.2, 0.25) is 0 Å². The molecule has 2 heterocycles. The summed E-state index contributed by atoms with van der Waals surface area (Å²) in [4.78, 5) is 12.5. The van der Waals surface area contributed by atoms with Gasteiger partial charge in [0.1, 0.15) is 0 Å². The molecular formula is C17H26N4. The van der Waals surface area contributed by atoms with E-state index in [1.165, 1.54) is 17.0 Å². The van der Waals surface area contributed by atoms with E-state index in [9.17, 15) is 0 Å². The third-order valence-electron chi connectivity index (χ3n) is 4.06. The second-order valence-corrected chi connectivity index (χ2v) is 5.51. The van der Waals surface area contributed by atoms with E-state index >= 15 is 0 Å². The first-order valence-electron chi connectivity index (χ1n) is 7.58. The van der Waals surface area contributed by atoms with Gasteiger partial charge < -0.3 is 9.88 Å². The van der Waals surface area contributed by atoms with Crippen molar-refractivity contribution in [2.24, 2.45) is 0 Å². The molecule has 2 rings (SSSR count). The molecule has 1 aromatic rings. The molecule has 1 aliphatic heterocycles. The fraction of sp³-hybridized carbons (Fsp3) is 0.471. The van der Waals surface area contributed by atoms with Gasteiger partial charge in [-0.15, -0.1) is 0 Å². The van der Waals surface area contributed by atoms with Gasteiger partial charge in [0, 0.05) is 44.1 Å². The lowest BCUT2D eigenvalue weighted by atomic mass is 10.1. The Hall–Kier alpha value is -1.81. The number of aromatic nitrogens is 2. The predicted octanol–water partition coefficient (Wildman–Crippen LogP) is 2.87. The maximum Gasteiger partial charge on any atom is 0.0925 e. The van der Waals surface area contributed by atoms with Crippen LogP contribution in [0, 0.1) is 6.92 Å². The van der Waals surface area contributed by atoms with Crippen LogP contribution in [0.15, 0.2) is 42.4 Å². The molecule has 4 heteroatoms. The number of H-pyrrole nitrogens is 1. The minimum absolute atomic E-state index is 0.937. The van der Waals surface area contributed by atoms with E-state index < -0.39 is 0 Å². The number of piperazine rings is 1. The number of nitrogens with zero attached hydrogens (tertiary/aromatic N) is 3. The molecule has 0 atom stereocenters. The molecule has 1 aromatic heterocycles. The highest BCUT2D eigenvalue weighted by Crippen LogP contribution is 2.17. The highest BCUT2D eigenvalue weighted by molar-refractivity contribution is 5.30. The topological polar surface area (TPSA) is 35.2 Å². The quantitative estimate of drug-likeness (QED) is 0.845. The Morgan fingerprint density at radius 3 is 2.62 bits per heavy atom. The van der Waals surface area contributed by atoms with Crippen LogP contribution >= 0.6 is 0 Å². The van der Waals surface area contributed by atoms with Crippen LogP contribution in [-0.4, -0.2) is 45.9 Å². The first-order valence-corrected chi connectivity index (χ1v) is 7.58. The van der Waals surface area contributed by atoms with E-state index in [1.807, 2.05) is 6.08 Å². The summed E-state index contributed by atoms with van der Waals surface area (Å²) >= 11 is 0. The lowest BCUT2D eigenvalue weighted by Crippen LogP contribution is -2.45. The lowest BCUT2D eigenvalue weighted by Gasteiger charge is -2.37. The van der Waals surface area contributed by atoms with Crippen LogP contribution in [0.25, 0.3) is 0 Å². The van der Waals surface area contributed by atoms with Crippen molar-refractivity contribution < 1.29 is 0 Å². The Balaban J connectivity index is 1.96. The molecule has 114 valence electrons. The van der Waals surface area contributed by atoms with Crippen LogP contribution < -0.4 is 0 Å². The standard InChI is InChI=1S/C17H26N4/c1-5-7-17(14(3)6-2)21-10-8-20(9-11-21)12-16-15(4)18-13-19-16/h5-7,13H,2,8-12H2,1,3-4H3,(H,18,19)/b7-5-,17-14+. The summed E-state index contributed by atoms with van der Waals surface area (Å²) in [5.41, 5.74) is 4.87. The Bertz CT molecular complexity index is 531. The van der Waals surface area contributed by atoms with E-state index in [2.05, 4.69) is 59.3 Å². The van der Waals surface area contributed by atoms with Gasteiger partial charge in [-0.05, 0) is 32.4 Å². The fourth-order valence-corrected chi connectivity index (χ4v) is 2.65. The summed E-state index contributed by atoms with van der Waals surface area (Å²) in [5, 5.41) is 0. The molecule has 0 aliphatic carbocycles. The van der Waals surface area contributed by atoms with Crippen molar-refractivity contribution in [1.82, 2.24) is 19.8 Å². The van der Waals surface area contributed by atoms with Crippen molar-refractivity contribution >= 4 is 0 Å². The minimum Gasteiger partial charge on any atom is -0.369 e. The van der Waals surface area contributed by atoms with E-state index in [-0.39, 0.29) is 0 Å². The van der Waals surface area contributed by atoms with Crippen molar-refractivity contribution in [1.29, 1.82) is 0 Å². The SMILES string of the molecule is C=C/C(C)=C(\C=C/C)N1CCN(Cc2nc[nH]c2C)CC1. The van der Waals surface area contributed by atoms with Gasteiger partial charge in [0.25, 0.3) is 0 Å². The Morgan fingerprint density at radius 2 is 2.10 bits per heavy atom. The molecule has 0 saturated carbocycles. The van der Waals surface area contributed by atoms with Gasteiger partial charge >= 0.3 is 0 Å². The average molecular weight is 286 g/mol. The van der Waals surface area contributed by atoms with Gasteiger partial charge in [-0.25, -0.2) is 4.98 Å². The molecule has 0 bridgehead atoms. The molecule has 0 radical (unpaired) electrons. The summed E-state index contributed by atoms with van der Waals surface area (Å²) in [6, 6.07) is 0. The van der Waals surface area contributed by atoms with Crippen molar-refractivity contribution in [2.45, 2.75) is 27.3 Å². The van der Waals surface area contributed by atoms with Crippen LogP contribution in [-0.2, 0) is 6.54 Å². The summed E-state index contributed by atoms with van der Waals surface area (Å²) in [5.74, 6) is 0. The molecule has 0 amide bonds. The highest BCUT2D eigenvalue weighted by Gasteiger charge is 2.19. The number of hydrogen-bond donors (Lipinski definition) is 1. The molecule has 0 unspecified atom stereocenters. The first-order chi connectivity index (χ1) is 10.2. The Labute approximate surface area is 127 Å². The van der Waals surface area contributed by atoms with E-state index in [1.54, 1.807) is 6.33 Å². The molecule has 0 spiro atoms. The average Bonchev–Trinajstić information content (AvgIpc) is 2.90. The minimum atomic E-state index is 0.937. The van der Waals surface area contributed by atoms with Gasteiger partial charge in [0.2, 0.25) is 0 Å². The molecule has 1 N–H and O–H groups in total. The zero-order valence-electron chi connectivity index (χ0n) is 13.4. The monoisotopic (exact) mass is 286 g/mol. The van der Waals surface area contributed by atoms with Gasteiger partial charge in [-0.2, -0.15) is 0 Å². The Morgan fingerprint density at radius 1 is 1.38 bits per heavy atom. The molecule has 1 aliphatic rings. The maximum absolute atomic E-state index is 4.39. The fourth-order valence-electron chi connectivity index (χ4n) is 2.65. The number of aromatic amines is 1. The molecule has 0 aromatic carbocycles. The smallest absolute Gasteiger partial charge is 0.0925 e. The van der Waals surface area contributed by atoms with Crippen LogP contribution in [0.5, 0.6) is 0 Å². The second kappa shape index (κ2) is 7.27. The van der Waals surface area contributed by atoms with E-state index in [0.717, 1.165) is 38.4 Å². The summed E-state index contributed by atoms with van der Waals surface area (Å²) in [6.45, 7) is 15.3. The molecule has 4 nitrogen and oxygen atoms in total. The van der Waals surface area contributed by atoms with Crippen molar-refractivity contribution in [3.63, 3.8) is 0 Å². The number of hydrogen-bond acceptors (Lipinski definition) is 3. The van der Waals surface area contributed by atoms with E-state index in [4.69, 9.17) is 0 Å². The van der Waals surface area contributed by atoms with E-state index in [0.29, 0.717) is 0 Å². The Kier molecular flexibility index (Phi) is 5.39. The lowest BCUT2D eigenvalue weighted by molar-refractivity contribution is 0.153. The molecule has 1 saturated heterocycles. The normalized spacial score (nSPS) is 18.1. The molecular weight excluding hydrogens is 260 g/mol. The number of imidazole rings is 1. The van der Waals surface area contributed by atoms with Crippen LogP contribution in [0.1, 0.15) is 25.2 Å². The van der Waals surface area contributed by atoms with Crippen molar-refractivity contribution in [3.05, 3.63) is 53.8 Å². The zero-order chi connectivity index (χ0) is 15.2. The first kappa shape index (κ1) is 15.6. The van der Waals surface area contributed by atoms with Crippen LogP contribution in [0.3, 0.4) is 0 Å². The predicted molar refractivity (Wildman–Crippen MR) is 87.9 cm³/mol. The summed E-state index contributed by atoms with van der Waals surface area (Å²) < 4.78 is 0. The van der Waals surface area contributed by atoms with Gasteiger partial charge in [0.15, 0.2) is 0 Å². The van der Waals surface area contributed by atoms with Gasteiger partial charge in [-0.3, -0.25) is 4.90 Å². The number of nitrogens with one attached hydrogen (secondary N) is 1. The van der Waals surface area contributed by atoms with Crippen molar-refractivity contribution in [3.8, 4) is 0 Å². The maximum atomic E-state index is 4.39. The summed E-state index contributed by atoms with van der Waals surface area (Å²) in [7, 11) is 0. The third-order valence-corrected chi connectivity index (χ3v) is 4.06. The summed E-state index contributed by atoms with van der Waals surface area (Å²) in [6.07, 6.45) is 8.00. The number of aryl methyl sites for hydroxylation is 1.